The van der Waals surface area contributed by atoms with Crippen LogP contribution in [0.2, 0.25) is 0 Å². The van der Waals surface area contributed by atoms with Crippen molar-refractivity contribution in [2.75, 3.05) is 0 Å². The molecule has 1 fully saturated rings. The van der Waals surface area contributed by atoms with Gasteiger partial charge in [0.1, 0.15) is 0 Å². The van der Waals surface area contributed by atoms with Crippen molar-refractivity contribution >= 4 is 24.3 Å². The summed E-state index contributed by atoms with van der Waals surface area (Å²) in [5, 5.41) is 0. The van der Waals surface area contributed by atoms with E-state index in [1.807, 2.05) is 0 Å². The standard InChI is InChI=1S/C5BF6O5/c7-4(8,9)6(5(10,11)12)16-2(14)1(13)3(15)17-6/q-1. The van der Waals surface area contributed by atoms with E-state index in [2.05, 4.69) is 9.31 Å². The first-order valence-corrected chi connectivity index (χ1v) is 3.70. The molecule has 0 amide bonds. The van der Waals surface area contributed by atoms with Crippen molar-refractivity contribution in [3.05, 3.63) is 0 Å². The van der Waals surface area contributed by atoms with E-state index in [-0.39, 0.29) is 0 Å². The van der Waals surface area contributed by atoms with E-state index < -0.39 is 36.4 Å². The van der Waals surface area contributed by atoms with Crippen LogP contribution in [0.1, 0.15) is 0 Å². The molecule has 0 radical (unpaired) electrons. The Balaban J connectivity index is 3.34. The van der Waals surface area contributed by atoms with Gasteiger partial charge in [0.2, 0.25) is 0 Å². The minimum atomic E-state index is -6.22. The van der Waals surface area contributed by atoms with Crippen molar-refractivity contribution in [3.63, 3.8) is 0 Å². The fourth-order valence-corrected chi connectivity index (χ4v) is 0.969. The number of alkyl halides is 6. The number of hydrogen-bond donors (Lipinski definition) is 0. The summed E-state index contributed by atoms with van der Waals surface area (Å²) in [6, 6.07) is 0. The number of Topliss-reactive ketones (excluding diaryl/α,β-unsaturated/α-hetero) is 1. The molecule has 1 aliphatic heterocycles. The van der Waals surface area contributed by atoms with Crippen molar-refractivity contribution in [1.82, 2.24) is 0 Å². The summed E-state index contributed by atoms with van der Waals surface area (Å²) in [6.07, 6.45) is -12.4. The molecule has 0 spiro atoms. The molecular formula is C5BF6O5-. The molecule has 0 saturated carbocycles. The molecule has 1 saturated heterocycles. The van der Waals surface area contributed by atoms with Crippen LogP contribution in [0.5, 0.6) is 0 Å². The third kappa shape index (κ3) is 1.82. The minimum absolute atomic E-state index is 2.24. The van der Waals surface area contributed by atoms with Crippen LogP contribution in [-0.4, -0.2) is 36.4 Å². The Labute approximate surface area is 87.6 Å². The zero-order valence-electron chi connectivity index (χ0n) is 7.39. The Hall–Kier alpha value is -1.75. The molecule has 1 aliphatic rings. The lowest BCUT2D eigenvalue weighted by atomic mass is 9.54. The number of carbonyl (C=O) groups excluding carboxylic acids is 3. The van der Waals surface area contributed by atoms with Crippen molar-refractivity contribution < 1.29 is 50.0 Å². The molecule has 1 rings (SSSR count). The molecule has 96 valence electrons. The second-order valence-corrected chi connectivity index (χ2v) is 2.93. The highest BCUT2D eigenvalue weighted by molar-refractivity contribution is 6.82. The quantitative estimate of drug-likeness (QED) is 0.358. The zero-order valence-corrected chi connectivity index (χ0v) is 7.39. The topological polar surface area (TPSA) is 69.7 Å². The second-order valence-electron chi connectivity index (χ2n) is 2.93. The fourth-order valence-electron chi connectivity index (χ4n) is 0.969. The van der Waals surface area contributed by atoms with Crippen LogP contribution >= 0.6 is 0 Å². The van der Waals surface area contributed by atoms with E-state index in [1.54, 1.807) is 0 Å². The van der Waals surface area contributed by atoms with E-state index in [1.165, 1.54) is 0 Å². The Kier molecular flexibility index (Phi) is 2.64. The molecule has 0 aromatic heterocycles. The summed E-state index contributed by atoms with van der Waals surface area (Å²) in [7, 11) is 0. The summed E-state index contributed by atoms with van der Waals surface area (Å²) >= 11 is 0. The van der Waals surface area contributed by atoms with Crippen LogP contribution in [0.3, 0.4) is 0 Å². The number of ketones is 1. The summed E-state index contributed by atoms with van der Waals surface area (Å²) in [5.74, 6) is -7.36. The van der Waals surface area contributed by atoms with E-state index in [4.69, 9.17) is 0 Å². The van der Waals surface area contributed by atoms with Crippen LogP contribution in [0.15, 0.2) is 0 Å². The molecule has 0 atom stereocenters. The first-order chi connectivity index (χ1) is 7.42. The Morgan fingerprint density at radius 2 is 1.06 bits per heavy atom. The average molecular weight is 265 g/mol. The number of rotatable bonds is 0. The predicted octanol–water partition coefficient (Wildman–Crippen LogP) is 0.301. The second kappa shape index (κ2) is 3.37. The summed E-state index contributed by atoms with van der Waals surface area (Å²) < 4.78 is 79.2. The number of hydrogen-bond acceptors (Lipinski definition) is 5. The number of carbonyl (C=O) groups is 3. The smallest absolute Gasteiger partial charge is 0.559 e. The van der Waals surface area contributed by atoms with Crippen LogP contribution in [0, 0.1) is 0 Å². The van der Waals surface area contributed by atoms with E-state index >= 15 is 0 Å². The van der Waals surface area contributed by atoms with Gasteiger partial charge >= 0.3 is 36.4 Å². The average Bonchev–Trinajstić information content (AvgIpc) is 2.09. The maximum Gasteiger partial charge on any atom is 0.559 e. The van der Waals surface area contributed by atoms with Crippen LogP contribution in [-0.2, 0) is 23.7 Å². The van der Waals surface area contributed by atoms with Gasteiger partial charge in [0.15, 0.2) is 0 Å². The Bertz CT molecular complexity index is 361. The number of halogens is 6. The molecule has 0 aliphatic carbocycles. The maximum absolute atomic E-state index is 12.2. The van der Waals surface area contributed by atoms with Gasteiger partial charge in [-0.15, -0.1) is 0 Å². The van der Waals surface area contributed by atoms with Gasteiger partial charge in [0, 0.05) is 0 Å². The summed E-state index contributed by atoms with van der Waals surface area (Å²) in [5.41, 5.74) is 0. The first-order valence-electron chi connectivity index (χ1n) is 3.70. The molecule has 1 heterocycles. The fraction of sp³-hybridized carbons (Fsp3) is 0.400. The molecule has 0 aromatic carbocycles. The molecule has 0 bridgehead atoms. The minimum Gasteiger partial charge on any atom is -0.640 e. The Morgan fingerprint density at radius 1 is 0.765 bits per heavy atom. The highest BCUT2D eigenvalue weighted by Gasteiger charge is 2.76. The van der Waals surface area contributed by atoms with E-state index in [0.717, 1.165) is 0 Å². The molecule has 0 N–H and O–H groups in total. The lowest BCUT2D eigenvalue weighted by Crippen LogP contribution is -2.71. The summed E-state index contributed by atoms with van der Waals surface area (Å²) in [4.78, 5) is 31.3. The van der Waals surface area contributed by atoms with Crippen LogP contribution < -0.4 is 0 Å². The summed E-state index contributed by atoms with van der Waals surface area (Å²) in [6.45, 7) is -6.22. The van der Waals surface area contributed by atoms with Crippen LogP contribution in [0.4, 0.5) is 26.3 Å². The van der Waals surface area contributed by atoms with E-state index in [0.29, 0.717) is 0 Å². The molecule has 17 heavy (non-hydrogen) atoms. The third-order valence-electron chi connectivity index (χ3n) is 1.78. The monoisotopic (exact) mass is 265 g/mol. The van der Waals surface area contributed by atoms with Gasteiger partial charge in [0.25, 0.3) is 0 Å². The van der Waals surface area contributed by atoms with Crippen molar-refractivity contribution in [1.29, 1.82) is 0 Å². The van der Waals surface area contributed by atoms with Gasteiger partial charge in [-0.3, -0.25) is 4.79 Å². The zero-order chi connectivity index (χ0) is 13.6. The molecule has 0 aromatic rings. The highest BCUT2D eigenvalue weighted by atomic mass is 19.4. The maximum atomic E-state index is 12.2. The van der Waals surface area contributed by atoms with Crippen molar-refractivity contribution in [3.8, 4) is 0 Å². The van der Waals surface area contributed by atoms with Gasteiger partial charge < -0.3 is 9.31 Å². The van der Waals surface area contributed by atoms with Crippen LogP contribution in [0.25, 0.3) is 0 Å². The molecule has 0 unspecified atom stereocenters. The van der Waals surface area contributed by atoms with E-state index in [9.17, 15) is 40.7 Å². The van der Waals surface area contributed by atoms with Gasteiger partial charge in [-0.1, -0.05) is 0 Å². The van der Waals surface area contributed by atoms with Gasteiger partial charge in [-0.2, -0.15) is 0 Å². The SMILES string of the molecule is O=C1O[B-](C(F)(F)F)(C(F)(F)F)OC(=O)C1=O. The van der Waals surface area contributed by atoms with Crippen molar-refractivity contribution in [2.24, 2.45) is 0 Å². The Morgan fingerprint density at radius 3 is 1.29 bits per heavy atom. The predicted molar refractivity (Wildman–Crippen MR) is 35.1 cm³/mol. The normalized spacial score (nSPS) is 20.9. The highest BCUT2D eigenvalue weighted by Crippen LogP contribution is 2.44. The largest absolute Gasteiger partial charge is 0.640 e. The molecule has 12 heteroatoms. The lowest BCUT2D eigenvalue weighted by molar-refractivity contribution is -0.193. The molecular weight excluding hydrogens is 265 g/mol. The van der Waals surface area contributed by atoms with Gasteiger partial charge in [0.05, 0.1) is 0 Å². The van der Waals surface area contributed by atoms with Gasteiger partial charge in [-0.25, -0.2) is 35.9 Å². The van der Waals surface area contributed by atoms with Gasteiger partial charge in [-0.05, 0) is 0 Å². The third-order valence-corrected chi connectivity index (χ3v) is 1.78. The molecule has 5 nitrogen and oxygen atoms in total. The lowest BCUT2D eigenvalue weighted by Gasteiger charge is -2.44. The van der Waals surface area contributed by atoms with Crippen molar-refractivity contribution in [2.45, 2.75) is 12.2 Å². The first kappa shape index (κ1) is 13.3.